The highest BCUT2D eigenvalue weighted by atomic mass is 32.2. The van der Waals surface area contributed by atoms with Gasteiger partial charge in [0.2, 0.25) is 0 Å². The van der Waals surface area contributed by atoms with E-state index in [1.807, 2.05) is 60.7 Å². The first kappa shape index (κ1) is 23.4. The van der Waals surface area contributed by atoms with Gasteiger partial charge in [-0.1, -0.05) is 72.8 Å². The highest BCUT2D eigenvalue weighted by Gasteiger charge is 2.47. The average Bonchev–Trinajstić information content (AvgIpc) is 3.40. The summed E-state index contributed by atoms with van der Waals surface area (Å²) in [5.41, 5.74) is 4.02. The number of fused-ring (bicyclic) bond motifs is 2. The van der Waals surface area contributed by atoms with Gasteiger partial charge in [0.15, 0.2) is 0 Å². The molecule has 37 heavy (non-hydrogen) atoms. The summed E-state index contributed by atoms with van der Waals surface area (Å²) < 4.78 is 26.9. The van der Waals surface area contributed by atoms with Crippen molar-refractivity contribution >= 4 is 33.6 Å². The summed E-state index contributed by atoms with van der Waals surface area (Å²) in [6.45, 7) is -0.597. The third-order valence-electron chi connectivity index (χ3n) is 7.23. The summed E-state index contributed by atoms with van der Waals surface area (Å²) in [6.07, 6.45) is 4.79. The largest absolute Gasteiger partial charge is 0.271 e. The lowest BCUT2D eigenvalue weighted by Crippen LogP contribution is -2.41. The molecule has 2 unspecified atom stereocenters. The Morgan fingerprint density at radius 3 is 2.35 bits per heavy atom. The summed E-state index contributed by atoms with van der Waals surface area (Å²) in [7, 11) is -4.10. The van der Waals surface area contributed by atoms with E-state index in [1.54, 1.807) is 12.1 Å². The van der Waals surface area contributed by atoms with Gasteiger partial charge in [-0.15, -0.1) is 0 Å². The standard InChI is InChI=1S/C29H25N3O4S/c33-26(19-31-29(34)23-15-7-8-17-25(23)37(31,35)36)32-28(21-12-5-2-6-13-21)24-16-9-14-22(27(24)30-32)18-20-10-3-1-4-11-20/h1-8,10-13,15,17-18,24,28H,9,14,16,19H2. The molecule has 0 saturated heterocycles. The smallest absolute Gasteiger partial charge is 0.269 e. The van der Waals surface area contributed by atoms with Crippen molar-refractivity contribution in [3.05, 3.63) is 107 Å². The minimum atomic E-state index is -4.10. The summed E-state index contributed by atoms with van der Waals surface area (Å²) in [5.74, 6) is -1.23. The fourth-order valence-corrected chi connectivity index (χ4v) is 7.04. The third kappa shape index (κ3) is 3.97. The SMILES string of the molecule is O=C(CN1C(=O)c2ccccc2S1(=O)=O)N1N=C2C(=Cc3ccccc3)CCCC2C1c1ccccc1. The van der Waals surface area contributed by atoms with E-state index in [-0.39, 0.29) is 22.4 Å². The zero-order valence-electron chi connectivity index (χ0n) is 20.0. The zero-order chi connectivity index (χ0) is 25.6. The maximum atomic E-state index is 13.7. The van der Waals surface area contributed by atoms with Crippen LogP contribution in [0.4, 0.5) is 0 Å². The molecule has 0 spiro atoms. The lowest BCUT2D eigenvalue weighted by atomic mass is 9.77. The number of allylic oxidation sites excluding steroid dienone is 1. The predicted molar refractivity (Wildman–Crippen MR) is 140 cm³/mol. The van der Waals surface area contributed by atoms with Gasteiger partial charge < -0.3 is 0 Å². The molecule has 1 fully saturated rings. The number of rotatable bonds is 4. The number of benzene rings is 3. The summed E-state index contributed by atoms with van der Waals surface area (Å²) in [6, 6.07) is 25.4. The molecule has 0 bridgehead atoms. The van der Waals surface area contributed by atoms with E-state index in [4.69, 9.17) is 5.10 Å². The van der Waals surface area contributed by atoms with Crippen LogP contribution in [-0.4, -0.2) is 41.8 Å². The van der Waals surface area contributed by atoms with E-state index in [0.717, 1.165) is 41.7 Å². The van der Waals surface area contributed by atoms with Crippen LogP contribution in [-0.2, 0) is 14.8 Å². The number of hydrogen-bond acceptors (Lipinski definition) is 5. The predicted octanol–water partition coefficient (Wildman–Crippen LogP) is 4.65. The Bertz CT molecular complexity index is 1550. The van der Waals surface area contributed by atoms with Crippen LogP contribution in [0, 0.1) is 5.92 Å². The molecule has 7 nitrogen and oxygen atoms in total. The molecule has 6 rings (SSSR count). The second kappa shape index (κ2) is 9.12. The van der Waals surface area contributed by atoms with Crippen molar-refractivity contribution < 1.29 is 18.0 Å². The van der Waals surface area contributed by atoms with Crippen molar-refractivity contribution in [3.63, 3.8) is 0 Å². The van der Waals surface area contributed by atoms with Crippen molar-refractivity contribution in [2.24, 2.45) is 11.0 Å². The molecule has 0 radical (unpaired) electrons. The van der Waals surface area contributed by atoms with E-state index < -0.39 is 28.4 Å². The first-order chi connectivity index (χ1) is 17.9. The van der Waals surface area contributed by atoms with E-state index >= 15 is 0 Å². The van der Waals surface area contributed by atoms with E-state index in [9.17, 15) is 18.0 Å². The number of hydrazone groups is 1. The normalized spacial score (nSPS) is 23.1. The Labute approximate surface area is 215 Å². The molecule has 2 aliphatic heterocycles. The fourth-order valence-electron chi connectivity index (χ4n) is 5.52. The molecular formula is C29H25N3O4S. The molecule has 8 heteroatoms. The van der Waals surface area contributed by atoms with Gasteiger partial charge in [-0.2, -0.15) is 5.10 Å². The number of sulfonamides is 1. The molecule has 3 aromatic carbocycles. The van der Waals surface area contributed by atoms with Gasteiger partial charge in [-0.05, 0) is 54.2 Å². The lowest BCUT2D eigenvalue weighted by Gasteiger charge is -2.30. The second-order valence-electron chi connectivity index (χ2n) is 9.47. The Morgan fingerprint density at radius 1 is 0.946 bits per heavy atom. The number of amides is 2. The fraction of sp³-hybridized carbons (Fsp3) is 0.207. The Hall–Kier alpha value is -4.04. The molecule has 2 amide bonds. The molecule has 0 N–H and O–H groups in total. The van der Waals surface area contributed by atoms with Gasteiger partial charge in [0.05, 0.1) is 17.3 Å². The Morgan fingerprint density at radius 2 is 1.62 bits per heavy atom. The van der Waals surface area contributed by atoms with Gasteiger partial charge in [0.25, 0.3) is 21.8 Å². The summed E-state index contributed by atoms with van der Waals surface area (Å²) >= 11 is 0. The van der Waals surface area contributed by atoms with Crippen molar-refractivity contribution in [2.45, 2.75) is 30.2 Å². The van der Waals surface area contributed by atoms with Crippen molar-refractivity contribution in [1.82, 2.24) is 9.31 Å². The van der Waals surface area contributed by atoms with Crippen LogP contribution in [0.15, 0.2) is 100 Å². The molecule has 3 aliphatic rings. The number of nitrogens with zero attached hydrogens (tertiary/aromatic N) is 3. The van der Waals surface area contributed by atoms with E-state index in [2.05, 4.69) is 6.08 Å². The minimum Gasteiger partial charge on any atom is -0.271 e. The van der Waals surface area contributed by atoms with Gasteiger partial charge in [0.1, 0.15) is 11.4 Å². The van der Waals surface area contributed by atoms with Crippen LogP contribution >= 0.6 is 0 Å². The summed E-state index contributed by atoms with van der Waals surface area (Å²) in [4.78, 5) is 26.6. The molecule has 0 aromatic heterocycles. The Kier molecular flexibility index (Phi) is 5.76. The first-order valence-electron chi connectivity index (χ1n) is 12.3. The van der Waals surface area contributed by atoms with Gasteiger partial charge in [0, 0.05) is 5.92 Å². The monoisotopic (exact) mass is 511 g/mol. The van der Waals surface area contributed by atoms with Crippen LogP contribution in [0.5, 0.6) is 0 Å². The molecule has 1 aliphatic carbocycles. The maximum Gasteiger partial charge on any atom is 0.269 e. The van der Waals surface area contributed by atoms with Gasteiger partial charge >= 0.3 is 0 Å². The van der Waals surface area contributed by atoms with Crippen molar-refractivity contribution in [1.29, 1.82) is 0 Å². The van der Waals surface area contributed by atoms with Gasteiger partial charge in [-0.25, -0.2) is 17.7 Å². The molecule has 186 valence electrons. The number of hydrogen-bond donors (Lipinski definition) is 0. The third-order valence-corrected chi connectivity index (χ3v) is 9.02. The number of carbonyl (C=O) groups excluding carboxylic acids is 2. The summed E-state index contributed by atoms with van der Waals surface area (Å²) in [5, 5.41) is 6.22. The molecule has 1 saturated carbocycles. The molecule has 3 aromatic rings. The first-order valence-corrected chi connectivity index (χ1v) is 13.8. The van der Waals surface area contributed by atoms with Crippen LogP contribution in [0.2, 0.25) is 0 Å². The van der Waals surface area contributed by atoms with Crippen LogP contribution in [0.1, 0.15) is 46.8 Å². The second-order valence-corrected chi connectivity index (χ2v) is 11.3. The lowest BCUT2D eigenvalue weighted by molar-refractivity contribution is -0.133. The Balaban J connectivity index is 1.37. The van der Waals surface area contributed by atoms with Crippen LogP contribution in [0.3, 0.4) is 0 Å². The van der Waals surface area contributed by atoms with Crippen molar-refractivity contribution in [2.75, 3.05) is 6.54 Å². The van der Waals surface area contributed by atoms with Crippen molar-refractivity contribution in [3.8, 4) is 0 Å². The van der Waals surface area contributed by atoms with Gasteiger partial charge in [-0.3, -0.25) is 9.59 Å². The molecular weight excluding hydrogens is 486 g/mol. The number of carbonyl (C=O) groups is 2. The highest BCUT2D eigenvalue weighted by Crippen LogP contribution is 2.44. The quantitative estimate of drug-likeness (QED) is 0.510. The zero-order valence-corrected chi connectivity index (χ0v) is 20.8. The van der Waals surface area contributed by atoms with Crippen LogP contribution in [0.25, 0.3) is 6.08 Å². The molecule has 2 atom stereocenters. The minimum absolute atomic E-state index is 0.0156. The maximum absolute atomic E-state index is 13.7. The van der Waals surface area contributed by atoms with E-state index in [1.165, 1.54) is 17.1 Å². The van der Waals surface area contributed by atoms with Crippen LogP contribution < -0.4 is 0 Å². The average molecular weight is 512 g/mol. The van der Waals surface area contributed by atoms with E-state index in [0.29, 0.717) is 4.31 Å². The molecule has 2 heterocycles. The highest BCUT2D eigenvalue weighted by molar-refractivity contribution is 7.90. The topological polar surface area (TPSA) is 87.1 Å².